The van der Waals surface area contributed by atoms with Gasteiger partial charge in [-0.15, -0.1) is 0 Å². The highest BCUT2D eigenvalue weighted by atomic mass is 19.2. The van der Waals surface area contributed by atoms with Crippen LogP contribution in [0.2, 0.25) is 0 Å². The molecule has 0 bridgehead atoms. The molecule has 0 saturated carbocycles. The van der Waals surface area contributed by atoms with E-state index in [1.807, 2.05) is 0 Å². The molecule has 1 heterocycles. The summed E-state index contributed by atoms with van der Waals surface area (Å²) in [6.07, 6.45) is 1.90. The molecule has 0 aromatic heterocycles. The first-order valence-corrected chi connectivity index (χ1v) is 6.89. The predicted octanol–water partition coefficient (Wildman–Crippen LogP) is 2.31. The van der Waals surface area contributed by atoms with Crippen LogP contribution in [-0.4, -0.2) is 30.4 Å². The summed E-state index contributed by atoms with van der Waals surface area (Å²) in [7, 11) is 1.69. The Kier molecular flexibility index (Phi) is 4.70. The second-order valence-electron chi connectivity index (χ2n) is 5.58. The minimum absolute atomic E-state index is 0.00119. The average molecular weight is 282 g/mol. The molecule has 0 spiro atoms. The third-order valence-electron chi connectivity index (χ3n) is 3.74. The van der Waals surface area contributed by atoms with Gasteiger partial charge in [-0.2, -0.15) is 0 Å². The zero-order valence-corrected chi connectivity index (χ0v) is 11.8. The fourth-order valence-corrected chi connectivity index (χ4v) is 2.55. The molecule has 0 aliphatic carbocycles. The summed E-state index contributed by atoms with van der Waals surface area (Å²) in [5.74, 6) is -1.22. The molecular weight excluding hydrogens is 262 g/mol. The zero-order chi connectivity index (χ0) is 14.7. The summed E-state index contributed by atoms with van der Waals surface area (Å²) >= 11 is 0. The largest absolute Gasteiger partial charge is 0.340 e. The van der Waals surface area contributed by atoms with Crippen LogP contribution in [0.15, 0.2) is 18.2 Å². The third-order valence-corrected chi connectivity index (χ3v) is 3.74. The summed E-state index contributed by atoms with van der Waals surface area (Å²) < 4.78 is 26.0. The monoisotopic (exact) mass is 282 g/mol. The maximum atomic E-state index is 13.1. The van der Waals surface area contributed by atoms with Gasteiger partial charge in [0.2, 0.25) is 5.91 Å². The lowest BCUT2D eigenvalue weighted by Crippen LogP contribution is -2.48. The Morgan fingerprint density at radius 3 is 2.80 bits per heavy atom. The standard InChI is InChI=1S/C15H20F2N2O/c1-10-5-6-18-14(7-10)15(20)19(2)9-11-3-4-12(16)13(17)8-11/h3-4,8,10,14,18H,5-7,9H2,1-2H3. The van der Waals surface area contributed by atoms with Gasteiger partial charge < -0.3 is 10.2 Å². The number of nitrogens with zero attached hydrogens (tertiary/aromatic N) is 1. The summed E-state index contributed by atoms with van der Waals surface area (Å²) in [6.45, 7) is 3.26. The zero-order valence-electron chi connectivity index (χ0n) is 11.8. The summed E-state index contributed by atoms with van der Waals surface area (Å²) in [6, 6.07) is 3.55. The van der Waals surface area contributed by atoms with Crippen molar-refractivity contribution < 1.29 is 13.6 Å². The fourth-order valence-electron chi connectivity index (χ4n) is 2.55. The summed E-state index contributed by atoms with van der Waals surface area (Å²) in [4.78, 5) is 13.9. The van der Waals surface area contributed by atoms with Crippen molar-refractivity contribution in [1.82, 2.24) is 10.2 Å². The van der Waals surface area contributed by atoms with Crippen LogP contribution in [0.3, 0.4) is 0 Å². The van der Waals surface area contributed by atoms with E-state index in [9.17, 15) is 13.6 Å². The fraction of sp³-hybridized carbons (Fsp3) is 0.533. The molecule has 2 unspecified atom stereocenters. The topological polar surface area (TPSA) is 32.3 Å². The molecule has 1 fully saturated rings. The van der Waals surface area contributed by atoms with Crippen molar-refractivity contribution in [1.29, 1.82) is 0 Å². The van der Waals surface area contributed by atoms with Crippen LogP contribution >= 0.6 is 0 Å². The number of rotatable bonds is 3. The van der Waals surface area contributed by atoms with Crippen LogP contribution < -0.4 is 5.32 Å². The van der Waals surface area contributed by atoms with Crippen LogP contribution in [0.1, 0.15) is 25.3 Å². The van der Waals surface area contributed by atoms with E-state index in [4.69, 9.17) is 0 Å². The van der Waals surface area contributed by atoms with E-state index in [1.165, 1.54) is 6.07 Å². The Labute approximate surface area is 118 Å². The molecule has 1 aliphatic rings. The minimum atomic E-state index is -0.882. The van der Waals surface area contributed by atoms with E-state index in [2.05, 4.69) is 12.2 Å². The molecule has 1 N–H and O–H groups in total. The molecule has 2 atom stereocenters. The van der Waals surface area contributed by atoms with Crippen molar-refractivity contribution >= 4 is 5.91 Å². The highest BCUT2D eigenvalue weighted by Gasteiger charge is 2.26. The lowest BCUT2D eigenvalue weighted by atomic mass is 9.93. The molecule has 3 nitrogen and oxygen atoms in total. The van der Waals surface area contributed by atoms with E-state index in [0.717, 1.165) is 31.5 Å². The molecule has 1 amide bonds. The minimum Gasteiger partial charge on any atom is -0.340 e. The second-order valence-corrected chi connectivity index (χ2v) is 5.58. The second kappa shape index (κ2) is 6.31. The maximum Gasteiger partial charge on any atom is 0.239 e. The number of likely N-dealkylation sites (N-methyl/N-ethyl adjacent to an activating group) is 1. The molecular formula is C15H20F2N2O. The first kappa shape index (κ1) is 14.9. The van der Waals surface area contributed by atoms with Crippen molar-refractivity contribution in [2.75, 3.05) is 13.6 Å². The van der Waals surface area contributed by atoms with Crippen LogP contribution in [0.4, 0.5) is 8.78 Å². The molecule has 1 aromatic carbocycles. The highest BCUT2D eigenvalue weighted by molar-refractivity contribution is 5.81. The Morgan fingerprint density at radius 1 is 1.40 bits per heavy atom. The summed E-state index contributed by atoms with van der Waals surface area (Å²) in [5.41, 5.74) is 0.587. The number of benzene rings is 1. The van der Waals surface area contributed by atoms with E-state index >= 15 is 0 Å². The molecule has 0 radical (unpaired) electrons. The third kappa shape index (κ3) is 3.54. The van der Waals surface area contributed by atoms with Gasteiger partial charge in [-0.3, -0.25) is 4.79 Å². The van der Waals surface area contributed by atoms with Gasteiger partial charge in [0.25, 0.3) is 0 Å². The van der Waals surface area contributed by atoms with Gasteiger partial charge >= 0.3 is 0 Å². The van der Waals surface area contributed by atoms with Gasteiger partial charge in [-0.1, -0.05) is 13.0 Å². The first-order valence-electron chi connectivity index (χ1n) is 6.89. The molecule has 1 aromatic rings. The van der Waals surface area contributed by atoms with Gasteiger partial charge in [0.05, 0.1) is 6.04 Å². The van der Waals surface area contributed by atoms with Gasteiger partial charge in [0.15, 0.2) is 11.6 Å². The van der Waals surface area contributed by atoms with E-state index < -0.39 is 11.6 Å². The number of halogens is 2. The average Bonchev–Trinajstić information content (AvgIpc) is 2.42. The molecule has 2 rings (SSSR count). The summed E-state index contributed by atoms with van der Waals surface area (Å²) in [5, 5.41) is 3.21. The van der Waals surface area contributed by atoms with Crippen LogP contribution in [0, 0.1) is 17.6 Å². The normalized spacial score (nSPS) is 22.6. The quantitative estimate of drug-likeness (QED) is 0.922. The maximum absolute atomic E-state index is 13.1. The lowest BCUT2D eigenvalue weighted by Gasteiger charge is -2.30. The Hall–Kier alpha value is -1.49. The van der Waals surface area contributed by atoms with Crippen molar-refractivity contribution in [3.63, 3.8) is 0 Å². The molecule has 1 aliphatic heterocycles. The Morgan fingerprint density at radius 2 is 2.15 bits per heavy atom. The van der Waals surface area contributed by atoms with Gasteiger partial charge in [-0.25, -0.2) is 8.78 Å². The lowest BCUT2D eigenvalue weighted by molar-refractivity contribution is -0.133. The Bertz CT molecular complexity index is 493. The van der Waals surface area contributed by atoms with E-state index in [-0.39, 0.29) is 18.5 Å². The number of nitrogens with one attached hydrogen (secondary N) is 1. The van der Waals surface area contributed by atoms with Gasteiger partial charge in [0.1, 0.15) is 0 Å². The highest BCUT2D eigenvalue weighted by Crippen LogP contribution is 2.17. The predicted molar refractivity (Wildman–Crippen MR) is 73.0 cm³/mol. The molecule has 110 valence electrons. The number of hydrogen-bond acceptors (Lipinski definition) is 2. The number of carbonyl (C=O) groups is 1. The molecule has 1 saturated heterocycles. The smallest absolute Gasteiger partial charge is 0.239 e. The van der Waals surface area contributed by atoms with Crippen molar-refractivity contribution in [3.8, 4) is 0 Å². The number of amides is 1. The van der Waals surface area contributed by atoms with Crippen molar-refractivity contribution in [2.24, 2.45) is 5.92 Å². The Balaban J connectivity index is 1.98. The SMILES string of the molecule is CC1CCNC(C(=O)N(C)Cc2ccc(F)c(F)c2)C1. The number of piperidine rings is 1. The number of hydrogen-bond donors (Lipinski definition) is 1. The van der Waals surface area contributed by atoms with Gasteiger partial charge in [0, 0.05) is 13.6 Å². The first-order chi connectivity index (χ1) is 9.47. The molecule has 20 heavy (non-hydrogen) atoms. The van der Waals surface area contributed by atoms with E-state index in [0.29, 0.717) is 11.5 Å². The van der Waals surface area contributed by atoms with E-state index in [1.54, 1.807) is 11.9 Å². The van der Waals surface area contributed by atoms with Crippen LogP contribution in [0.25, 0.3) is 0 Å². The molecule has 5 heteroatoms. The van der Waals surface area contributed by atoms with Crippen molar-refractivity contribution in [3.05, 3.63) is 35.4 Å². The van der Waals surface area contributed by atoms with Gasteiger partial charge in [-0.05, 0) is 43.0 Å². The van der Waals surface area contributed by atoms with Crippen molar-refractivity contribution in [2.45, 2.75) is 32.4 Å². The van der Waals surface area contributed by atoms with Crippen LogP contribution in [-0.2, 0) is 11.3 Å². The van der Waals surface area contributed by atoms with Crippen LogP contribution in [0.5, 0.6) is 0 Å². The number of carbonyl (C=O) groups excluding carboxylic acids is 1.